The third-order valence-electron chi connectivity index (χ3n) is 6.05. The number of hydrogen-bond acceptors (Lipinski definition) is 3. The number of halogens is 2. The summed E-state index contributed by atoms with van der Waals surface area (Å²) in [4.78, 5) is 13.6. The Bertz CT molecular complexity index is 1170. The molecule has 1 aliphatic rings. The fourth-order valence-electron chi connectivity index (χ4n) is 4.19. The van der Waals surface area contributed by atoms with E-state index >= 15 is 0 Å². The third kappa shape index (κ3) is 5.31. The van der Waals surface area contributed by atoms with Gasteiger partial charge in [0.2, 0.25) is 6.10 Å². The molecular formula is C29H28Br2O3. The highest BCUT2D eigenvalue weighted by atomic mass is 79.9. The third-order valence-corrected chi connectivity index (χ3v) is 7.11. The number of hydrogen-bond donors (Lipinski definition) is 0. The summed E-state index contributed by atoms with van der Waals surface area (Å²) in [6.07, 6.45) is 1.25. The van der Waals surface area contributed by atoms with Crippen molar-refractivity contribution in [2.75, 3.05) is 0 Å². The van der Waals surface area contributed by atoms with E-state index in [0.717, 1.165) is 31.2 Å². The second-order valence-corrected chi connectivity index (χ2v) is 11.0. The summed E-state index contributed by atoms with van der Waals surface area (Å²) in [7, 11) is 0. The first-order chi connectivity index (χ1) is 16.2. The van der Waals surface area contributed by atoms with E-state index in [2.05, 4.69) is 59.6 Å². The Kier molecular flexibility index (Phi) is 7.63. The van der Waals surface area contributed by atoms with Gasteiger partial charge in [0, 0.05) is 14.5 Å². The molecule has 1 aliphatic heterocycles. The average molecular weight is 584 g/mol. The molecule has 176 valence electrons. The van der Waals surface area contributed by atoms with E-state index in [1.807, 2.05) is 72.8 Å². The molecule has 3 aromatic rings. The maximum absolute atomic E-state index is 13.6. The number of benzene rings is 3. The van der Waals surface area contributed by atoms with Gasteiger partial charge in [0.05, 0.1) is 5.92 Å². The Morgan fingerprint density at radius 2 is 1.35 bits per heavy atom. The van der Waals surface area contributed by atoms with Gasteiger partial charge < -0.3 is 9.47 Å². The van der Waals surface area contributed by atoms with Gasteiger partial charge in [-0.3, -0.25) is 0 Å². The average Bonchev–Trinajstić information content (AvgIpc) is 3.25. The number of para-hydroxylation sites is 1. The second-order valence-electron chi connectivity index (χ2n) is 9.15. The molecule has 2 atom stereocenters. The summed E-state index contributed by atoms with van der Waals surface area (Å²) < 4.78 is 14.4. The Morgan fingerprint density at radius 1 is 0.824 bits per heavy atom. The molecule has 3 aromatic carbocycles. The highest BCUT2D eigenvalue weighted by molar-refractivity contribution is 9.10. The monoisotopic (exact) mass is 582 g/mol. The summed E-state index contributed by atoms with van der Waals surface area (Å²) in [6, 6.07) is 22.0. The second kappa shape index (κ2) is 10.5. The Labute approximate surface area is 218 Å². The molecule has 0 aromatic heterocycles. The molecule has 0 unspecified atom stereocenters. The lowest BCUT2D eigenvalue weighted by atomic mass is 9.93. The van der Waals surface area contributed by atoms with Crippen molar-refractivity contribution >= 4 is 43.6 Å². The number of carbonyl (C=O) groups is 1. The van der Waals surface area contributed by atoms with Crippen LogP contribution in [0.3, 0.4) is 0 Å². The van der Waals surface area contributed by atoms with Crippen molar-refractivity contribution in [3.05, 3.63) is 104 Å². The highest BCUT2D eigenvalue weighted by Crippen LogP contribution is 2.40. The van der Waals surface area contributed by atoms with Crippen LogP contribution in [0.15, 0.2) is 81.8 Å². The van der Waals surface area contributed by atoms with Crippen LogP contribution in [0.5, 0.6) is 5.75 Å². The van der Waals surface area contributed by atoms with E-state index < -0.39 is 6.10 Å². The van der Waals surface area contributed by atoms with E-state index in [0.29, 0.717) is 11.5 Å². The molecule has 0 amide bonds. The Balaban J connectivity index is 1.70. The molecule has 0 bridgehead atoms. The smallest absolute Gasteiger partial charge is 0.353 e. The first-order valence-electron chi connectivity index (χ1n) is 11.5. The number of esters is 1. The molecule has 0 saturated heterocycles. The van der Waals surface area contributed by atoms with Gasteiger partial charge in [-0.25, -0.2) is 4.79 Å². The lowest BCUT2D eigenvalue weighted by Gasteiger charge is -2.23. The zero-order valence-corrected chi connectivity index (χ0v) is 22.9. The summed E-state index contributed by atoms with van der Waals surface area (Å²) >= 11 is 6.98. The zero-order valence-electron chi connectivity index (χ0n) is 19.7. The van der Waals surface area contributed by atoms with Crippen molar-refractivity contribution < 1.29 is 14.3 Å². The maximum atomic E-state index is 13.6. The van der Waals surface area contributed by atoms with Gasteiger partial charge in [0.25, 0.3) is 0 Å². The molecule has 0 saturated carbocycles. The number of carbonyl (C=O) groups excluding carboxylic acids is 1. The molecule has 34 heavy (non-hydrogen) atoms. The van der Waals surface area contributed by atoms with Crippen molar-refractivity contribution in [1.29, 1.82) is 0 Å². The van der Waals surface area contributed by atoms with E-state index in [4.69, 9.17) is 9.47 Å². The zero-order chi connectivity index (χ0) is 24.4. The van der Waals surface area contributed by atoms with Gasteiger partial charge in [-0.1, -0.05) is 102 Å². The molecule has 0 N–H and O–H groups in total. The summed E-state index contributed by atoms with van der Waals surface area (Å²) in [5.41, 5.74) is 3.97. The molecule has 0 aliphatic carbocycles. The summed E-state index contributed by atoms with van der Waals surface area (Å²) in [6.45, 7) is 8.45. The molecular weight excluding hydrogens is 556 g/mol. The van der Waals surface area contributed by atoms with Crippen LogP contribution in [0.1, 0.15) is 67.7 Å². The lowest BCUT2D eigenvalue weighted by molar-refractivity contribution is -0.143. The molecule has 0 radical (unpaired) electrons. The summed E-state index contributed by atoms with van der Waals surface area (Å²) in [5, 5.41) is 0. The minimum Gasteiger partial charge on any atom is -0.477 e. The van der Waals surface area contributed by atoms with Crippen molar-refractivity contribution in [3.63, 3.8) is 0 Å². The van der Waals surface area contributed by atoms with E-state index in [1.165, 1.54) is 0 Å². The molecule has 0 spiro atoms. The van der Waals surface area contributed by atoms with Gasteiger partial charge in [-0.05, 0) is 58.9 Å². The largest absolute Gasteiger partial charge is 0.477 e. The van der Waals surface area contributed by atoms with E-state index in [-0.39, 0.29) is 23.7 Å². The normalized spacial score (nSPS) is 17.6. The van der Waals surface area contributed by atoms with E-state index in [9.17, 15) is 4.79 Å². The van der Waals surface area contributed by atoms with Crippen LogP contribution in [0.2, 0.25) is 0 Å². The molecule has 1 heterocycles. The van der Waals surface area contributed by atoms with Crippen LogP contribution in [0, 0.1) is 0 Å². The van der Waals surface area contributed by atoms with Crippen LogP contribution in [-0.2, 0) is 9.53 Å². The molecule has 0 fully saturated rings. The van der Waals surface area contributed by atoms with Gasteiger partial charge in [0.15, 0.2) is 0 Å². The van der Waals surface area contributed by atoms with Crippen molar-refractivity contribution in [2.45, 2.75) is 51.6 Å². The van der Waals surface area contributed by atoms with Crippen molar-refractivity contribution in [2.24, 2.45) is 0 Å². The predicted octanol–water partition coefficient (Wildman–Crippen LogP) is 8.59. The number of rotatable bonds is 6. The van der Waals surface area contributed by atoms with Crippen LogP contribution in [0.4, 0.5) is 0 Å². The fraction of sp³-hybridized carbons (Fsp3) is 0.276. The molecule has 3 nitrogen and oxygen atoms in total. The van der Waals surface area contributed by atoms with E-state index in [1.54, 1.807) is 0 Å². The van der Waals surface area contributed by atoms with Gasteiger partial charge in [-0.15, -0.1) is 0 Å². The lowest BCUT2D eigenvalue weighted by Crippen LogP contribution is -2.31. The van der Waals surface area contributed by atoms with Crippen LogP contribution < -0.4 is 4.74 Å². The topological polar surface area (TPSA) is 35.5 Å². The van der Waals surface area contributed by atoms with Crippen molar-refractivity contribution in [3.8, 4) is 5.75 Å². The minimum absolute atomic E-state index is 0.227. The van der Waals surface area contributed by atoms with Crippen LogP contribution in [-0.4, -0.2) is 12.1 Å². The highest BCUT2D eigenvalue weighted by Gasteiger charge is 2.39. The molecule has 4 rings (SSSR count). The standard InChI is InChI=1S/C29H28Br2O3/c1-17(2)23-6-5-7-24(18(3)4)27(23)34-29(32)28-25(19-8-12-21(30)13-9-19)16-26(33-28)20-10-14-22(31)15-11-20/h5-18,25,28H,1-4H3/t25-,28+/m1/s1. The van der Waals surface area contributed by atoms with Crippen LogP contribution >= 0.6 is 31.9 Å². The molecule has 5 heteroatoms. The van der Waals surface area contributed by atoms with Crippen LogP contribution in [0.25, 0.3) is 5.76 Å². The Hall–Kier alpha value is -2.37. The van der Waals surface area contributed by atoms with Gasteiger partial charge >= 0.3 is 5.97 Å². The quantitative estimate of drug-likeness (QED) is 0.215. The SMILES string of the molecule is CC(C)c1cccc(C(C)C)c1OC(=O)[C@H]1OC(c2ccc(Br)cc2)=C[C@@H]1c1ccc(Br)cc1. The minimum atomic E-state index is -0.778. The first kappa shape index (κ1) is 24.7. The van der Waals surface area contributed by atoms with Crippen molar-refractivity contribution in [1.82, 2.24) is 0 Å². The van der Waals surface area contributed by atoms with Gasteiger partial charge in [0.1, 0.15) is 11.5 Å². The van der Waals surface area contributed by atoms with Gasteiger partial charge in [-0.2, -0.15) is 0 Å². The maximum Gasteiger partial charge on any atom is 0.353 e. The predicted molar refractivity (Wildman–Crippen MR) is 144 cm³/mol. The fourth-order valence-corrected chi connectivity index (χ4v) is 4.72. The number of ether oxygens (including phenoxy) is 2. The first-order valence-corrected chi connectivity index (χ1v) is 13.1. The Morgan fingerprint density at radius 3 is 1.88 bits per heavy atom. The summed E-state index contributed by atoms with van der Waals surface area (Å²) in [5.74, 6) is 1.16.